The summed E-state index contributed by atoms with van der Waals surface area (Å²) in [5, 5.41) is 0.674. The summed E-state index contributed by atoms with van der Waals surface area (Å²) in [4.78, 5) is 19.2. The Morgan fingerprint density at radius 3 is 2.00 bits per heavy atom. The van der Waals surface area contributed by atoms with Crippen molar-refractivity contribution < 1.29 is 9.79 Å². The third-order valence-electron chi connectivity index (χ3n) is 1.87. The molecular weight excluding hydrogens is 223 g/mol. The van der Waals surface area contributed by atoms with Crippen LogP contribution in [0.25, 0.3) is 0 Å². The van der Waals surface area contributed by atoms with E-state index in [9.17, 15) is 9.79 Å². The molecule has 2 N–H and O–H groups in total. The van der Waals surface area contributed by atoms with Gasteiger partial charge in [-0.05, 0) is 11.7 Å². The van der Waals surface area contributed by atoms with Gasteiger partial charge in [0, 0.05) is 5.25 Å². The molecule has 5 heteroatoms. The normalized spacial score (nSPS) is 17.5. The molecule has 0 aromatic rings. The van der Waals surface area contributed by atoms with Gasteiger partial charge in [0.1, 0.15) is 0 Å². The van der Waals surface area contributed by atoms with Crippen molar-refractivity contribution in [2.75, 3.05) is 0 Å². The summed E-state index contributed by atoms with van der Waals surface area (Å²) in [6.45, 7) is 8.27. The average molecular weight is 244 g/mol. The van der Waals surface area contributed by atoms with Gasteiger partial charge in [-0.25, -0.2) is 0 Å². The van der Waals surface area contributed by atoms with E-state index in [4.69, 9.17) is 0 Å². The smallest absolute Gasteiger partial charge is 0.199 e. The Morgan fingerprint density at radius 2 is 1.77 bits per heavy atom. The maximum absolute atomic E-state index is 9.59. The average Bonchev–Trinajstić information content (AvgIpc) is 1.82. The largest absolute Gasteiger partial charge is 0.341 e. The first kappa shape index (κ1) is 14.1. The van der Waals surface area contributed by atoms with Crippen LogP contribution in [0.3, 0.4) is 0 Å². The Bertz CT molecular complexity index is 202. The maximum Gasteiger partial charge on any atom is 0.199 e. The van der Waals surface area contributed by atoms with Crippen molar-refractivity contribution in [1.29, 1.82) is 0 Å². The molecule has 0 saturated carbocycles. The molecule has 0 amide bonds. The first-order chi connectivity index (χ1) is 5.80. The number of rotatable bonds is 4. The second-order valence-corrected chi connectivity index (χ2v) is 12.3. The number of hydrogen-bond acceptors (Lipinski definition) is 0. The zero-order valence-electron chi connectivity index (χ0n) is 8.77. The van der Waals surface area contributed by atoms with Crippen LogP contribution in [0.5, 0.6) is 0 Å². The van der Waals surface area contributed by atoms with Crippen molar-refractivity contribution in [3.8, 4) is 0 Å². The van der Waals surface area contributed by atoms with E-state index in [2.05, 4.69) is 26.1 Å². The van der Waals surface area contributed by atoms with Gasteiger partial charge in [-0.15, -0.1) is 10.1 Å². The third kappa shape index (κ3) is 4.89. The second kappa shape index (κ2) is 5.82. The van der Waals surface area contributed by atoms with E-state index < -0.39 is 5.69 Å². The molecule has 0 heterocycles. The molecule has 0 aliphatic rings. The van der Waals surface area contributed by atoms with E-state index in [1.165, 1.54) is 0 Å². The summed E-state index contributed by atoms with van der Waals surface area (Å²) < 4.78 is 0. The summed E-state index contributed by atoms with van der Waals surface area (Å²) in [6, 6.07) is 0. The van der Waals surface area contributed by atoms with Crippen LogP contribution in [0, 0.1) is 0 Å². The van der Waals surface area contributed by atoms with E-state index in [0.717, 1.165) is 12.8 Å². The van der Waals surface area contributed by atoms with Gasteiger partial charge >= 0.3 is 0 Å². The van der Waals surface area contributed by atoms with Gasteiger partial charge in [-0.2, -0.15) is 0 Å². The molecule has 0 spiro atoms. The summed E-state index contributed by atoms with van der Waals surface area (Å²) >= 11 is 3.96. The fourth-order valence-electron chi connectivity index (χ4n) is 1.52. The van der Waals surface area contributed by atoms with Gasteiger partial charge in [-0.1, -0.05) is 46.4 Å². The SMILES string of the molecule is CCCC(C)S(C(C)C)=P(O)(O)S. The van der Waals surface area contributed by atoms with Crippen molar-refractivity contribution in [3.05, 3.63) is 0 Å². The molecule has 2 nitrogen and oxygen atoms in total. The standard InChI is InChI=1S/C8H21O2PS2/c1-5-6-8(4)13(7(2)3)11(9,10)12/h7-10,12H,5-6H2,1-4H3. The van der Waals surface area contributed by atoms with Gasteiger partial charge < -0.3 is 9.79 Å². The minimum absolute atomic E-state index is 0.308. The summed E-state index contributed by atoms with van der Waals surface area (Å²) in [6.07, 6.45) is 2.13. The van der Waals surface area contributed by atoms with Gasteiger partial charge in [0.2, 0.25) is 0 Å². The molecule has 82 valence electrons. The van der Waals surface area contributed by atoms with E-state index in [-0.39, 0.29) is 10.1 Å². The van der Waals surface area contributed by atoms with E-state index in [1.54, 1.807) is 0 Å². The lowest BCUT2D eigenvalue weighted by Gasteiger charge is -2.25. The highest BCUT2D eigenvalue weighted by molar-refractivity contribution is 8.66. The van der Waals surface area contributed by atoms with Crippen LogP contribution in [-0.4, -0.2) is 20.3 Å². The lowest BCUT2D eigenvalue weighted by molar-refractivity contribution is 0.501. The first-order valence-corrected chi connectivity index (χ1v) is 9.40. The highest BCUT2D eigenvalue weighted by atomic mass is 32.9. The van der Waals surface area contributed by atoms with Crippen LogP contribution in [0.4, 0.5) is 0 Å². The minimum Gasteiger partial charge on any atom is -0.341 e. The molecular formula is C8H21O2PS2. The topological polar surface area (TPSA) is 40.5 Å². The van der Waals surface area contributed by atoms with E-state index in [1.807, 2.05) is 13.8 Å². The van der Waals surface area contributed by atoms with Crippen molar-refractivity contribution in [2.45, 2.75) is 51.0 Å². The van der Waals surface area contributed by atoms with Crippen LogP contribution in [0.15, 0.2) is 0 Å². The second-order valence-electron chi connectivity index (χ2n) is 3.51. The molecule has 0 aromatic carbocycles. The van der Waals surface area contributed by atoms with Gasteiger partial charge in [0.25, 0.3) is 0 Å². The fraction of sp³-hybridized carbons (Fsp3) is 1.00. The minimum atomic E-state index is -2.95. The zero-order chi connectivity index (χ0) is 10.6. The van der Waals surface area contributed by atoms with Crippen molar-refractivity contribution >= 4 is 28.0 Å². The molecule has 2 atom stereocenters. The highest BCUT2D eigenvalue weighted by Gasteiger charge is 2.19. The Morgan fingerprint density at radius 1 is 1.31 bits per heavy atom. The number of thiol groups is 1. The summed E-state index contributed by atoms with van der Waals surface area (Å²) in [5.74, 6) is 0. The van der Waals surface area contributed by atoms with Crippen molar-refractivity contribution in [1.82, 2.24) is 0 Å². The molecule has 0 aliphatic heterocycles. The third-order valence-corrected chi connectivity index (χ3v) is 10.2. The molecule has 0 rings (SSSR count). The quantitative estimate of drug-likeness (QED) is 0.526. The van der Waals surface area contributed by atoms with Crippen LogP contribution >= 0.6 is 17.9 Å². The molecule has 13 heavy (non-hydrogen) atoms. The van der Waals surface area contributed by atoms with Crippen LogP contribution in [0.1, 0.15) is 40.5 Å². The van der Waals surface area contributed by atoms with E-state index in [0.29, 0.717) is 10.5 Å². The molecule has 2 unspecified atom stereocenters. The predicted molar refractivity (Wildman–Crippen MR) is 67.2 cm³/mol. The Kier molecular flexibility index (Phi) is 6.29. The lowest BCUT2D eigenvalue weighted by atomic mass is 10.3. The Labute approximate surface area is 89.0 Å². The van der Waals surface area contributed by atoms with Crippen molar-refractivity contribution in [3.63, 3.8) is 0 Å². The Balaban J connectivity index is 4.84. The van der Waals surface area contributed by atoms with Crippen molar-refractivity contribution in [2.24, 2.45) is 0 Å². The van der Waals surface area contributed by atoms with Crippen LogP contribution in [-0.2, 0) is 10.1 Å². The molecule has 0 aliphatic carbocycles. The van der Waals surface area contributed by atoms with E-state index >= 15 is 0 Å². The first-order valence-electron chi connectivity index (χ1n) is 4.60. The molecule has 0 bridgehead atoms. The van der Waals surface area contributed by atoms with Crippen LogP contribution < -0.4 is 0 Å². The lowest BCUT2D eigenvalue weighted by Crippen LogP contribution is -2.19. The fourth-order valence-corrected chi connectivity index (χ4v) is 10.6. The molecule has 0 radical (unpaired) electrons. The summed E-state index contributed by atoms with van der Waals surface area (Å²) in [7, 11) is -0.352. The number of hydrogen-bond donors (Lipinski definition) is 3. The highest BCUT2D eigenvalue weighted by Crippen LogP contribution is 2.49. The molecule has 0 aromatic heterocycles. The molecule has 0 saturated heterocycles. The van der Waals surface area contributed by atoms with Gasteiger partial charge in [-0.3, -0.25) is 0 Å². The maximum atomic E-state index is 9.59. The summed E-state index contributed by atoms with van der Waals surface area (Å²) in [5.41, 5.74) is -2.95. The van der Waals surface area contributed by atoms with Crippen LogP contribution in [0.2, 0.25) is 0 Å². The molecule has 0 fully saturated rings. The monoisotopic (exact) mass is 244 g/mol. The van der Waals surface area contributed by atoms with Gasteiger partial charge in [0.15, 0.2) is 5.69 Å². The predicted octanol–water partition coefficient (Wildman–Crippen LogP) is 2.79. The Hall–Kier alpha value is 1.05. The van der Waals surface area contributed by atoms with Gasteiger partial charge in [0.05, 0.1) is 0 Å². The zero-order valence-corrected chi connectivity index (χ0v) is 11.4.